The minimum Gasteiger partial charge on any atom is -0.548 e. The van der Waals surface area contributed by atoms with E-state index in [4.69, 9.17) is 0 Å². The van der Waals surface area contributed by atoms with Gasteiger partial charge in [0, 0.05) is 6.04 Å². The van der Waals surface area contributed by atoms with Gasteiger partial charge in [0.25, 0.3) is 0 Å². The van der Waals surface area contributed by atoms with Crippen molar-refractivity contribution in [1.82, 2.24) is 4.90 Å². The average Bonchev–Trinajstić information content (AvgIpc) is 1.96. The van der Waals surface area contributed by atoms with E-state index in [2.05, 4.69) is 6.92 Å². The van der Waals surface area contributed by atoms with Crippen LogP contribution < -0.4 is 5.11 Å². The second-order valence-electron chi connectivity index (χ2n) is 3.29. The molecule has 0 N–H and O–H groups in total. The summed E-state index contributed by atoms with van der Waals surface area (Å²) in [6.07, 6.45) is 3.88. The molecule has 3 nitrogen and oxygen atoms in total. The Bertz CT molecular complexity index is 134. The highest BCUT2D eigenvalue weighted by Gasteiger charge is 2.10. The van der Waals surface area contributed by atoms with Crippen LogP contribution in [-0.2, 0) is 4.79 Å². The van der Waals surface area contributed by atoms with Crippen molar-refractivity contribution < 1.29 is 9.90 Å². The summed E-state index contributed by atoms with van der Waals surface area (Å²) in [7, 11) is 3.54. The molecule has 0 radical (unpaired) electrons. The molecule has 0 saturated carbocycles. The maximum Gasteiger partial charge on any atom is 0.0586 e. The predicted molar refractivity (Wildman–Crippen MR) is 46.6 cm³/mol. The number of aliphatic carboxylic acids is 1. The second-order valence-corrected chi connectivity index (χ2v) is 3.29. The highest BCUT2D eigenvalue weighted by Crippen LogP contribution is 2.06. The quantitative estimate of drug-likeness (QED) is 0.539. The summed E-state index contributed by atoms with van der Waals surface area (Å²) in [5, 5.41) is 10.6. The van der Waals surface area contributed by atoms with Crippen LogP contribution in [0.3, 0.4) is 0 Å². The summed E-state index contributed by atoms with van der Waals surface area (Å²) >= 11 is 0. The molecular formula is C9H18NO2-. The molecule has 72 valence electrons. The fraction of sp³-hybridized carbons (Fsp3) is 0.889. The number of hydrogen-bond donors (Lipinski definition) is 0. The first-order valence-electron chi connectivity index (χ1n) is 4.46. The summed E-state index contributed by atoms with van der Waals surface area (Å²) in [5.41, 5.74) is 0. The van der Waals surface area contributed by atoms with Gasteiger partial charge in [-0.2, -0.15) is 0 Å². The van der Waals surface area contributed by atoms with Crippen LogP contribution in [0.4, 0.5) is 0 Å². The van der Waals surface area contributed by atoms with E-state index >= 15 is 0 Å². The number of likely N-dealkylation sites (N-methyl/N-ethyl adjacent to an activating group) is 1. The molecule has 0 bridgehead atoms. The van der Waals surface area contributed by atoms with Crippen molar-refractivity contribution in [2.45, 2.75) is 38.6 Å². The van der Waals surface area contributed by atoms with Crippen molar-refractivity contribution in [3.63, 3.8) is 0 Å². The number of carbonyl (C=O) groups is 1. The number of unbranched alkanes of at least 4 members (excludes halogenated alkanes) is 2. The Kier molecular flexibility index (Phi) is 5.72. The molecule has 0 aliphatic carbocycles. The van der Waals surface area contributed by atoms with E-state index in [0.717, 1.165) is 19.3 Å². The van der Waals surface area contributed by atoms with Crippen LogP contribution in [0, 0.1) is 0 Å². The SMILES string of the molecule is CCCCCC(C(=O)[O-])N(C)C. The first-order valence-corrected chi connectivity index (χ1v) is 4.46. The molecule has 1 unspecified atom stereocenters. The fourth-order valence-corrected chi connectivity index (χ4v) is 1.17. The molecule has 0 aromatic rings. The molecule has 0 aliphatic heterocycles. The van der Waals surface area contributed by atoms with Gasteiger partial charge in [0.1, 0.15) is 0 Å². The minimum absolute atomic E-state index is 0.420. The van der Waals surface area contributed by atoms with Crippen molar-refractivity contribution in [1.29, 1.82) is 0 Å². The van der Waals surface area contributed by atoms with Gasteiger partial charge in [-0.15, -0.1) is 0 Å². The van der Waals surface area contributed by atoms with Crippen LogP contribution in [0.15, 0.2) is 0 Å². The standard InChI is InChI=1S/C9H19NO2/c1-4-5-6-7-8(9(11)12)10(2)3/h8H,4-7H2,1-3H3,(H,11,12)/p-1. The van der Waals surface area contributed by atoms with E-state index in [-0.39, 0.29) is 0 Å². The van der Waals surface area contributed by atoms with Gasteiger partial charge >= 0.3 is 0 Å². The summed E-state index contributed by atoms with van der Waals surface area (Å²) in [5.74, 6) is -0.962. The number of carboxylic acids is 1. The molecule has 3 heteroatoms. The summed E-state index contributed by atoms with van der Waals surface area (Å²) in [4.78, 5) is 12.3. The molecular weight excluding hydrogens is 154 g/mol. The molecule has 1 atom stereocenters. The molecule has 0 fully saturated rings. The Morgan fingerprint density at radius 1 is 1.42 bits per heavy atom. The molecule has 12 heavy (non-hydrogen) atoms. The third-order valence-corrected chi connectivity index (χ3v) is 1.98. The largest absolute Gasteiger partial charge is 0.548 e. The summed E-state index contributed by atoms with van der Waals surface area (Å²) < 4.78 is 0. The summed E-state index contributed by atoms with van der Waals surface area (Å²) in [6, 6.07) is -0.420. The van der Waals surface area contributed by atoms with E-state index in [0.29, 0.717) is 6.42 Å². The number of carboxylic acid groups (broad SMARTS) is 1. The van der Waals surface area contributed by atoms with E-state index in [1.54, 1.807) is 19.0 Å². The maximum atomic E-state index is 10.6. The van der Waals surface area contributed by atoms with Crippen molar-refractivity contribution >= 4 is 5.97 Å². The molecule has 0 saturated heterocycles. The lowest BCUT2D eigenvalue weighted by Gasteiger charge is -2.24. The zero-order valence-corrected chi connectivity index (χ0v) is 8.17. The highest BCUT2D eigenvalue weighted by molar-refractivity contribution is 5.70. The van der Waals surface area contributed by atoms with Crippen molar-refractivity contribution in [3.8, 4) is 0 Å². The van der Waals surface area contributed by atoms with Crippen LogP contribution in [0.25, 0.3) is 0 Å². The van der Waals surface area contributed by atoms with Crippen LogP contribution in [0.1, 0.15) is 32.6 Å². The van der Waals surface area contributed by atoms with Gasteiger partial charge < -0.3 is 14.8 Å². The zero-order chi connectivity index (χ0) is 9.56. The topological polar surface area (TPSA) is 43.4 Å². The minimum atomic E-state index is -0.962. The van der Waals surface area contributed by atoms with Gasteiger partial charge in [0.2, 0.25) is 0 Å². The van der Waals surface area contributed by atoms with Gasteiger partial charge in [-0.1, -0.05) is 26.2 Å². The van der Waals surface area contributed by atoms with E-state index in [1.807, 2.05) is 0 Å². The van der Waals surface area contributed by atoms with Crippen molar-refractivity contribution in [2.75, 3.05) is 14.1 Å². The molecule has 0 aromatic carbocycles. The smallest absolute Gasteiger partial charge is 0.0586 e. The molecule has 0 amide bonds. The Labute approximate surface area is 74.4 Å². The number of nitrogens with zero attached hydrogens (tertiary/aromatic N) is 1. The number of rotatable bonds is 6. The molecule has 0 spiro atoms. The zero-order valence-electron chi connectivity index (χ0n) is 8.17. The third kappa shape index (κ3) is 4.34. The van der Waals surface area contributed by atoms with Gasteiger partial charge in [-0.05, 0) is 20.5 Å². The van der Waals surface area contributed by atoms with Crippen LogP contribution >= 0.6 is 0 Å². The first-order chi connectivity index (χ1) is 5.59. The highest BCUT2D eigenvalue weighted by atomic mass is 16.4. The predicted octanol–water partition coefficient (Wildman–Crippen LogP) is 0.247. The Balaban J connectivity index is 3.72. The molecule has 0 heterocycles. The summed E-state index contributed by atoms with van der Waals surface area (Å²) in [6.45, 7) is 2.10. The third-order valence-electron chi connectivity index (χ3n) is 1.98. The Morgan fingerprint density at radius 3 is 2.33 bits per heavy atom. The van der Waals surface area contributed by atoms with E-state index < -0.39 is 12.0 Å². The number of carbonyl (C=O) groups excluding carboxylic acids is 1. The monoisotopic (exact) mass is 172 g/mol. The molecule has 0 aliphatic rings. The van der Waals surface area contributed by atoms with Crippen LogP contribution in [0.2, 0.25) is 0 Å². The lowest BCUT2D eigenvalue weighted by molar-refractivity contribution is -0.311. The maximum absolute atomic E-state index is 10.6. The number of hydrogen-bond acceptors (Lipinski definition) is 3. The van der Waals surface area contributed by atoms with Gasteiger partial charge in [0.15, 0.2) is 0 Å². The van der Waals surface area contributed by atoms with Crippen molar-refractivity contribution in [2.24, 2.45) is 0 Å². The molecule has 0 aromatic heterocycles. The van der Waals surface area contributed by atoms with E-state index in [9.17, 15) is 9.90 Å². The van der Waals surface area contributed by atoms with Crippen LogP contribution in [-0.4, -0.2) is 31.0 Å². The Hall–Kier alpha value is -0.570. The molecule has 0 rings (SSSR count). The van der Waals surface area contributed by atoms with E-state index in [1.165, 1.54) is 0 Å². The van der Waals surface area contributed by atoms with Gasteiger partial charge in [0.05, 0.1) is 5.97 Å². The normalized spacial score (nSPS) is 13.3. The first kappa shape index (κ1) is 11.4. The average molecular weight is 172 g/mol. The van der Waals surface area contributed by atoms with Crippen LogP contribution in [0.5, 0.6) is 0 Å². The van der Waals surface area contributed by atoms with Crippen molar-refractivity contribution in [3.05, 3.63) is 0 Å². The Morgan fingerprint density at radius 2 is 2.00 bits per heavy atom. The lowest BCUT2D eigenvalue weighted by atomic mass is 10.1. The lowest BCUT2D eigenvalue weighted by Crippen LogP contribution is -2.44. The fourth-order valence-electron chi connectivity index (χ4n) is 1.17. The second kappa shape index (κ2) is 6.00. The van der Waals surface area contributed by atoms with Gasteiger partial charge in [-0.3, -0.25) is 0 Å². The van der Waals surface area contributed by atoms with Gasteiger partial charge in [-0.25, -0.2) is 0 Å².